The van der Waals surface area contributed by atoms with Crippen molar-refractivity contribution in [3.8, 4) is 0 Å². The summed E-state index contributed by atoms with van der Waals surface area (Å²) in [4.78, 5) is 20.0. The Morgan fingerprint density at radius 2 is 2.22 bits per heavy atom. The van der Waals surface area contributed by atoms with Crippen molar-refractivity contribution < 1.29 is 4.79 Å². The predicted molar refractivity (Wildman–Crippen MR) is 69.2 cm³/mol. The molecule has 94 valence electrons. The maximum Gasteiger partial charge on any atom is 0.273 e. The van der Waals surface area contributed by atoms with Crippen LogP contribution in [0.3, 0.4) is 0 Å². The maximum atomic E-state index is 12.1. The first kappa shape index (κ1) is 12.1. The molecule has 6 nitrogen and oxygen atoms in total. The van der Waals surface area contributed by atoms with Gasteiger partial charge in [0.15, 0.2) is 5.82 Å². The van der Waals surface area contributed by atoms with Gasteiger partial charge >= 0.3 is 0 Å². The van der Waals surface area contributed by atoms with Crippen LogP contribution < -0.4 is 11.1 Å². The number of aromatic nitrogens is 3. The van der Waals surface area contributed by atoms with Gasteiger partial charge in [-0.1, -0.05) is 0 Å². The molecule has 1 amide bonds. The van der Waals surface area contributed by atoms with Gasteiger partial charge in [-0.2, -0.15) is 0 Å². The standard InChI is InChI=1S/C12H15N5O/c1-8(2)17-7-9(13)5-10(17)12(18)16-11-6-14-3-4-15-11/h3-8H,13H2,1-2H3,(H,15,16,18). The Morgan fingerprint density at radius 1 is 1.44 bits per heavy atom. The van der Waals surface area contributed by atoms with Crippen molar-refractivity contribution in [2.24, 2.45) is 0 Å². The van der Waals surface area contributed by atoms with E-state index in [0.717, 1.165) is 0 Å². The van der Waals surface area contributed by atoms with Crippen LogP contribution in [0, 0.1) is 0 Å². The minimum absolute atomic E-state index is 0.157. The summed E-state index contributed by atoms with van der Waals surface area (Å²) in [5.74, 6) is 0.165. The lowest BCUT2D eigenvalue weighted by Crippen LogP contribution is -2.18. The summed E-state index contributed by atoms with van der Waals surface area (Å²) in [5, 5.41) is 2.68. The van der Waals surface area contributed by atoms with E-state index in [0.29, 0.717) is 17.2 Å². The smallest absolute Gasteiger partial charge is 0.273 e. The van der Waals surface area contributed by atoms with Crippen LogP contribution in [0.2, 0.25) is 0 Å². The zero-order chi connectivity index (χ0) is 13.1. The fourth-order valence-electron chi connectivity index (χ4n) is 1.65. The van der Waals surface area contributed by atoms with Gasteiger partial charge in [-0.25, -0.2) is 4.98 Å². The summed E-state index contributed by atoms with van der Waals surface area (Å²) >= 11 is 0. The molecular formula is C12H15N5O. The van der Waals surface area contributed by atoms with Gasteiger partial charge < -0.3 is 15.6 Å². The number of hydrogen-bond acceptors (Lipinski definition) is 4. The van der Waals surface area contributed by atoms with Gasteiger partial charge in [0.05, 0.1) is 11.9 Å². The largest absolute Gasteiger partial charge is 0.397 e. The Labute approximate surface area is 105 Å². The molecule has 0 fully saturated rings. The summed E-state index contributed by atoms with van der Waals surface area (Å²) < 4.78 is 1.82. The number of hydrogen-bond donors (Lipinski definition) is 2. The third-order valence-electron chi connectivity index (χ3n) is 2.46. The molecule has 0 unspecified atom stereocenters. The second kappa shape index (κ2) is 4.87. The SMILES string of the molecule is CC(C)n1cc(N)cc1C(=O)Nc1cnccn1. The molecule has 2 rings (SSSR count). The number of nitrogens with two attached hydrogens (primary N) is 1. The quantitative estimate of drug-likeness (QED) is 0.861. The van der Waals surface area contributed by atoms with Crippen LogP contribution in [0.4, 0.5) is 11.5 Å². The van der Waals surface area contributed by atoms with Gasteiger partial charge in [0.1, 0.15) is 5.69 Å². The highest BCUT2D eigenvalue weighted by atomic mass is 16.2. The molecule has 18 heavy (non-hydrogen) atoms. The number of anilines is 2. The molecule has 0 aliphatic carbocycles. The number of carbonyl (C=O) groups is 1. The molecule has 3 N–H and O–H groups in total. The second-order valence-electron chi connectivity index (χ2n) is 4.20. The van der Waals surface area contributed by atoms with Crippen molar-refractivity contribution in [3.63, 3.8) is 0 Å². The Bertz CT molecular complexity index is 547. The highest BCUT2D eigenvalue weighted by molar-refractivity contribution is 6.03. The second-order valence-corrected chi connectivity index (χ2v) is 4.20. The van der Waals surface area contributed by atoms with Gasteiger partial charge in [-0.05, 0) is 19.9 Å². The summed E-state index contributed by atoms with van der Waals surface area (Å²) in [7, 11) is 0. The van der Waals surface area contributed by atoms with Crippen molar-refractivity contribution in [1.29, 1.82) is 0 Å². The molecule has 0 saturated carbocycles. The number of nitrogen functional groups attached to an aromatic ring is 1. The van der Waals surface area contributed by atoms with E-state index in [4.69, 9.17) is 5.73 Å². The van der Waals surface area contributed by atoms with Gasteiger partial charge in [0.2, 0.25) is 0 Å². The first-order valence-electron chi connectivity index (χ1n) is 5.62. The number of amides is 1. The summed E-state index contributed by atoms with van der Waals surface area (Å²) in [5.41, 5.74) is 6.79. The predicted octanol–water partition coefficient (Wildman–Crippen LogP) is 1.69. The maximum absolute atomic E-state index is 12.1. The van der Waals surface area contributed by atoms with Crippen molar-refractivity contribution in [2.45, 2.75) is 19.9 Å². The molecular weight excluding hydrogens is 230 g/mol. The fraction of sp³-hybridized carbons (Fsp3) is 0.250. The van der Waals surface area contributed by atoms with E-state index in [9.17, 15) is 4.79 Å². The molecule has 0 atom stereocenters. The Kier molecular flexibility index (Phi) is 3.27. The third kappa shape index (κ3) is 2.48. The van der Waals surface area contributed by atoms with E-state index >= 15 is 0 Å². The highest BCUT2D eigenvalue weighted by Gasteiger charge is 2.15. The van der Waals surface area contributed by atoms with E-state index in [2.05, 4.69) is 15.3 Å². The molecule has 0 spiro atoms. The normalized spacial score (nSPS) is 10.6. The molecule has 0 saturated heterocycles. The van der Waals surface area contributed by atoms with E-state index in [-0.39, 0.29) is 11.9 Å². The Balaban J connectivity index is 2.24. The van der Waals surface area contributed by atoms with E-state index < -0.39 is 0 Å². The lowest BCUT2D eigenvalue weighted by atomic mass is 10.3. The fourth-order valence-corrected chi connectivity index (χ4v) is 1.65. The summed E-state index contributed by atoms with van der Waals surface area (Å²) in [6.45, 7) is 3.97. The van der Waals surface area contributed by atoms with Crippen LogP contribution in [0.25, 0.3) is 0 Å². The number of nitrogens with one attached hydrogen (secondary N) is 1. The molecule has 0 radical (unpaired) electrons. The molecule has 2 aromatic heterocycles. The molecule has 0 aliphatic rings. The average molecular weight is 245 g/mol. The van der Waals surface area contributed by atoms with Gasteiger partial charge in [-0.3, -0.25) is 9.78 Å². The van der Waals surface area contributed by atoms with Crippen molar-refractivity contribution in [3.05, 3.63) is 36.5 Å². The van der Waals surface area contributed by atoms with Crippen LogP contribution in [0.5, 0.6) is 0 Å². The van der Waals surface area contributed by atoms with Crippen molar-refractivity contribution >= 4 is 17.4 Å². The Morgan fingerprint density at radius 3 is 2.83 bits per heavy atom. The molecule has 6 heteroatoms. The number of nitrogens with zero attached hydrogens (tertiary/aromatic N) is 3. The molecule has 0 aliphatic heterocycles. The zero-order valence-electron chi connectivity index (χ0n) is 10.3. The average Bonchev–Trinajstić information content (AvgIpc) is 2.73. The van der Waals surface area contributed by atoms with Crippen LogP contribution in [-0.4, -0.2) is 20.4 Å². The minimum atomic E-state index is -0.249. The third-order valence-corrected chi connectivity index (χ3v) is 2.46. The topological polar surface area (TPSA) is 85.8 Å². The first-order valence-corrected chi connectivity index (χ1v) is 5.62. The lowest BCUT2D eigenvalue weighted by Gasteiger charge is -2.12. The van der Waals surface area contributed by atoms with Crippen LogP contribution in [0.1, 0.15) is 30.4 Å². The molecule has 0 bridgehead atoms. The van der Waals surface area contributed by atoms with Crippen molar-refractivity contribution in [1.82, 2.24) is 14.5 Å². The zero-order valence-corrected chi connectivity index (χ0v) is 10.3. The van der Waals surface area contributed by atoms with Crippen LogP contribution in [-0.2, 0) is 0 Å². The van der Waals surface area contributed by atoms with Gasteiger partial charge in [-0.15, -0.1) is 0 Å². The minimum Gasteiger partial charge on any atom is -0.397 e. The number of carbonyl (C=O) groups excluding carboxylic acids is 1. The van der Waals surface area contributed by atoms with E-state index in [1.54, 1.807) is 18.5 Å². The summed E-state index contributed by atoms with van der Waals surface area (Å²) in [6, 6.07) is 1.80. The monoisotopic (exact) mass is 245 g/mol. The van der Waals surface area contributed by atoms with Crippen LogP contribution in [0.15, 0.2) is 30.9 Å². The van der Waals surface area contributed by atoms with Crippen LogP contribution >= 0.6 is 0 Å². The van der Waals surface area contributed by atoms with Crippen molar-refractivity contribution in [2.75, 3.05) is 11.1 Å². The number of rotatable bonds is 3. The summed E-state index contributed by atoms with van der Waals surface area (Å²) in [6.07, 6.45) is 6.30. The lowest BCUT2D eigenvalue weighted by molar-refractivity contribution is 0.101. The first-order chi connectivity index (χ1) is 8.58. The Hall–Kier alpha value is -2.37. The van der Waals surface area contributed by atoms with E-state index in [1.165, 1.54) is 12.4 Å². The molecule has 2 aromatic rings. The van der Waals surface area contributed by atoms with E-state index in [1.807, 2.05) is 18.4 Å². The molecule has 2 heterocycles. The van der Waals surface area contributed by atoms with Gasteiger partial charge in [0, 0.05) is 24.6 Å². The molecule has 0 aromatic carbocycles. The van der Waals surface area contributed by atoms with Gasteiger partial charge in [0.25, 0.3) is 5.91 Å². The highest BCUT2D eigenvalue weighted by Crippen LogP contribution is 2.17.